The number of hydrogen-bond acceptors (Lipinski definition) is 4. The number of carbonyl (C=O) groups excluding carboxylic acids is 1. The Morgan fingerprint density at radius 1 is 1.00 bits per heavy atom. The van der Waals surface area contributed by atoms with E-state index in [1.807, 2.05) is 18.2 Å². The van der Waals surface area contributed by atoms with Crippen LogP contribution in [-0.4, -0.2) is 27.8 Å². The molecule has 152 valence electrons. The number of fused-ring (bicyclic) bond motifs is 1. The highest BCUT2D eigenvalue weighted by Crippen LogP contribution is 2.38. The zero-order valence-corrected chi connectivity index (χ0v) is 16.5. The van der Waals surface area contributed by atoms with Crippen LogP contribution in [0.1, 0.15) is 67.3 Å². The van der Waals surface area contributed by atoms with Crippen molar-refractivity contribution in [2.45, 2.75) is 75.7 Å². The Bertz CT molecular complexity index is 958. The first-order valence-corrected chi connectivity index (χ1v) is 10.8. The number of carbonyl (C=O) groups is 1. The molecule has 1 aromatic carbocycles. The van der Waals surface area contributed by atoms with Gasteiger partial charge in [0, 0.05) is 24.4 Å². The Hall–Kier alpha value is -2.47. The van der Waals surface area contributed by atoms with Crippen LogP contribution < -0.4 is 10.9 Å². The van der Waals surface area contributed by atoms with Crippen LogP contribution in [0.4, 0.5) is 0 Å². The fourth-order valence-corrected chi connectivity index (χ4v) is 4.57. The standard InChI is InChI=1S/C23H27N3O3/c27-22-12-11-20(15-5-6-15)25-26(22)19-9-7-18(8-10-19)24-23(28)21-13-16-3-1-2-4-17(16)14-29-21/h1-4,11-12,15,18-19,21H,5-10,13-14H2,(H,24,28). The summed E-state index contributed by atoms with van der Waals surface area (Å²) in [5.74, 6) is 0.520. The summed E-state index contributed by atoms with van der Waals surface area (Å²) in [6, 6.07) is 11.9. The molecule has 2 fully saturated rings. The van der Waals surface area contributed by atoms with Crippen LogP contribution in [-0.2, 0) is 22.6 Å². The van der Waals surface area contributed by atoms with E-state index < -0.39 is 6.10 Å². The molecule has 2 saturated carbocycles. The van der Waals surface area contributed by atoms with Gasteiger partial charge < -0.3 is 10.1 Å². The molecule has 1 aliphatic heterocycles. The molecule has 1 aromatic heterocycles. The third kappa shape index (κ3) is 3.99. The first kappa shape index (κ1) is 18.6. The molecule has 1 N–H and O–H groups in total. The zero-order valence-electron chi connectivity index (χ0n) is 16.5. The minimum atomic E-state index is -0.415. The van der Waals surface area contributed by atoms with E-state index in [-0.39, 0.29) is 23.6 Å². The van der Waals surface area contributed by atoms with Crippen molar-refractivity contribution in [1.82, 2.24) is 15.1 Å². The van der Waals surface area contributed by atoms with Crippen LogP contribution in [0, 0.1) is 0 Å². The fourth-order valence-electron chi connectivity index (χ4n) is 4.57. The number of aromatic nitrogens is 2. The maximum absolute atomic E-state index is 12.7. The Labute approximate surface area is 170 Å². The Balaban J connectivity index is 1.17. The summed E-state index contributed by atoms with van der Waals surface area (Å²) in [5.41, 5.74) is 3.40. The Kier molecular flexibility index (Phi) is 4.96. The highest BCUT2D eigenvalue weighted by Gasteiger charge is 2.31. The Morgan fingerprint density at radius 2 is 1.76 bits per heavy atom. The molecule has 5 rings (SSSR count). The van der Waals surface area contributed by atoms with Gasteiger partial charge in [-0.3, -0.25) is 9.59 Å². The predicted octanol–water partition coefficient (Wildman–Crippen LogP) is 2.86. The molecule has 6 nitrogen and oxygen atoms in total. The molecule has 0 saturated heterocycles. The van der Waals surface area contributed by atoms with Crippen LogP contribution in [0.25, 0.3) is 0 Å². The number of nitrogens with one attached hydrogen (secondary N) is 1. The molecule has 1 unspecified atom stereocenters. The van der Waals surface area contributed by atoms with Gasteiger partial charge in [-0.1, -0.05) is 24.3 Å². The van der Waals surface area contributed by atoms with Gasteiger partial charge in [0.05, 0.1) is 18.3 Å². The minimum Gasteiger partial charge on any atom is -0.363 e. The normalized spacial score (nSPS) is 26.6. The van der Waals surface area contributed by atoms with Crippen molar-refractivity contribution in [3.63, 3.8) is 0 Å². The third-order valence-electron chi connectivity index (χ3n) is 6.49. The first-order valence-electron chi connectivity index (χ1n) is 10.8. The van der Waals surface area contributed by atoms with E-state index in [1.54, 1.807) is 10.7 Å². The summed E-state index contributed by atoms with van der Waals surface area (Å²) in [6.07, 6.45) is 6.02. The van der Waals surface area contributed by atoms with E-state index in [0.29, 0.717) is 18.9 Å². The average Bonchev–Trinajstić information content (AvgIpc) is 3.60. The quantitative estimate of drug-likeness (QED) is 0.867. The lowest BCUT2D eigenvalue weighted by Crippen LogP contribution is -2.46. The van der Waals surface area contributed by atoms with Crippen LogP contribution in [0.3, 0.4) is 0 Å². The zero-order chi connectivity index (χ0) is 19.8. The van der Waals surface area contributed by atoms with Crippen molar-refractivity contribution in [3.05, 3.63) is 63.6 Å². The van der Waals surface area contributed by atoms with Crippen LogP contribution >= 0.6 is 0 Å². The maximum Gasteiger partial charge on any atom is 0.267 e. The second-order valence-electron chi connectivity index (χ2n) is 8.60. The SMILES string of the molecule is O=C(NC1CCC(n2nc(C3CC3)ccc2=O)CC1)C1Cc2ccccc2CO1. The lowest BCUT2D eigenvalue weighted by molar-refractivity contribution is -0.135. The van der Waals surface area contributed by atoms with Gasteiger partial charge >= 0.3 is 0 Å². The topological polar surface area (TPSA) is 73.2 Å². The van der Waals surface area contributed by atoms with Crippen molar-refractivity contribution in [3.8, 4) is 0 Å². The highest BCUT2D eigenvalue weighted by atomic mass is 16.5. The van der Waals surface area contributed by atoms with E-state index in [0.717, 1.165) is 31.4 Å². The lowest BCUT2D eigenvalue weighted by atomic mass is 9.90. The van der Waals surface area contributed by atoms with Crippen molar-refractivity contribution in [2.75, 3.05) is 0 Å². The van der Waals surface area contributed by atoms with Crippen LogP contribution in [0.5, 0.6) is 0 Å². The smallest absolute Gasteiger partial charge is 0.267 e. The number of ether oxygens (including phenoxy) is 1. The summed E-state index contributed by atoms with van der Waals surface area (Å²) in [4.78, 5) is 25.0. The van der Waals surface area contributed by atoms with Crippen molar-refractivity contribution < 1.29 is 9.53 Å². The first-order chi connectivity index (χ1) is 14.2. The van der Waals surface area contributed by atoms with Gasteiger partial charge in [-0.25, -0.2) is 4.68 Å². The molecule has 1 atom stereocenters. The summed E-state index contributed by atoms with van der Waals surface area (Å²) >= 11 is 0. The molecule has 6 heteroatoms. The van der Waals surface area contributed by atoms with E-state index in [9.17, 15) is 9.59 Å². The molecule has 0 bridgehead atoms. The molecule has 2 aromatic rings. The van der Waals surface area contributed by atoms with Crippen molar-refractivity contribution >= 4 is 5.91 Å². The number of benzene rings is 1. The summed E-state index contributed by atoms with van der Waals surface area (Å²) < 4.78 is 7.48. The van der Waals surface area contributed by atoms with Gasteiger partial charge in [0.2, 0.25) is 5.91 Å². The molecule has 29 heavy (non-hydrogen) atoms. The molecular weight excluding hydrogens is 366 g/mol. The molecule has 3 aliphatic rings. The number of hydrogen-bond donors (Lipinski definition) is 1. The van der Waals surface area contributed by atoms with E-state index >= 15 is 0 Å². The summed E-state index contributed by atoms with van der Waals surface area (Å²) in [7, 11) is 0. The molecule has 1 amide bonds. The fraction of sp³-hybridized carbons (Fsp3) is 0.522. The number of nitrogens with zero attached hydrogens (tertiary/aromatic N) is 2. The van der Waals surface area contributed by atoms with Gasteiger partial charge in [-0.15, -0.1) is 0 Å². The van der Waals surface area contributed by atoms with Crippen molar-refractivity contribution in [2.24, 2.45) is 0 Å². The second-order valence-corrected chi connectivity index (χ2v) is 8.60. The van der Waals surface area contributed by atoms with E-state index in [2.05, 4.69) is 22.5 Å². The van der Waals surface area contributed by atoms with Crippen LogP contribution in [0.15, 0.2) is 41.2 Å². The lowest BCUT2D eigenvalue weighted by Gasteiger charge is -2.31. The summed E-state index contributed by atoms with van der Waals surface area (Å²) in [5, 5.41) is 7.81. The second kappa shape index (κ2) is 7.75. The molecule has 2 aliphatic carbocycles. The van der Waals surface area contributed by atoms with Gasteiger partial charge in [-0.05, 0) is 55.7 Å². The molecule has 2 heterocycles. The van der Waals surface area contributed by atoms with Gasteiger partial charge in [-0.2, -0.15) is 5.10 Å². The molecule has 0 spiro atoms. The van der Waals surface area contributed by atoms with Crippen LogP contribution in [0.2, 0.25) is 0 Å². The monoisotopic (exact) mass is 393 g/mol. The molecular formula is C23H27N3O3. The average molecular weight is 393 g/mol. The predicted molar refractivity (Wildman–Crippen MR) is 109 cm³/mol. The maximum atomic E-state index is 12.7. The molecule has 0 radical (unpaired) electrons. The minimum absolute atomic E-state index is 0.0174. The van der Waals surface area contributed by atoms with Gasteiger partial charge in [0.15, 0.2) is 0 Å². The van der Waals surface area contributed by atoms with Crippen molar-refractivity contribution in [1.29, 1.82) is 0 Å². The van der Waals surface area contributed by atoms with E-state index in [4.69, 9.17) is 4.74 Å². The number of amides is 1. The number of rotatable bonds is 4. The van der Waals surface area contributed by atoms with Gasteiger partial charge in [0.1, 0.15) is 6.10 Å². The largest absolute Gasteiger partial charge is 0.363 e. The van der Waals surface area contributed by atoms with Gasteiger partial charge in [0.25, 0.3) is 5.56 Å². The third-order valence-corrected chi connectivity index (χ3v) is 6.49. The summed E-state index contributed by atoms with van der Waals surface area (Å²) in [6.45, 7) is 0.493. The van der Waals surface area contributed by atoms with E-state index in [1.165, 1.54) is 24.0 Å². The highest BCUT2D eigenvalue weighted by molar-refractivity contribution is 5.81. The Morgan fingerprint density at radius 3 is 2.52 bits per heavy atom.